The Hall–Kier alpha value is -0.420. The molecular formula is C22H42N4O8S2. The van der Waals surface area contributed by atoms with Crippen LogP contribution in [-0.2, 0) is 39.4 Å². The van der Waals surface area contributed by atoms with Crippen molar-refractivity contribution in [3.8, 4) is 0 Å². The topological polar surface area (TPSA) is 118 Å². The SMILES string of the molecule is CCCCN1[C@@H]2OC(C3O[C@@H]4[C@H](O3)N(CCCC)S(=O)(=O)N4CCCC)O[C@@H]2N(CCCC)S1(=O)=O. The maximum absolute atomic E-state index is 13.2. The third-order valence-corrected chi connectivity index (χ3v) is 11.0. The summed E-state index contributed by atoms with van der Waals surface area (Å²) in [5.41, 5.74) is 0. The van der Waals surface area contributed by atoms with E-state index in [1.54, 1.807) is 0 Å². The van der Waals surface area contributed by atoms with Crippen LogP contribution in [0.1, 0.15) is 79.1 Å². The van der Waals surface area contributed by atoms with E-state index >= 15 is 0 Å². The van der Waals surface area contributed by atoms with Crippen molar-refractivity contribution < 1.29 is 35.8 Å². The number of hydrogen-bond donors (Lipinski definition) is 0. The zero-order chi connectivity index (χ0) is 26.1. The second-order valence-corrected chi connectivity index (χ2v) is 13.4. The van der Waals surface area contributed by atoms with Crippen molar-refractivity contribution in [1.29, 1.82) is 0 Å². The average molecular weight is 555 g/mol. The van der Waals surface area contributed by atoms with E-state index in [0.29, 0.717) is 51.9 Å². The van der Waals surface area contributed by atoms with Gasteiger partial charge in [-0.2, -0.15) is 34.1 Å². The molecule has 0 aliphatic carbocycles. The highest BCUT2D eigenvalue weighted by atomic mass is 32.2. The lowest BCUT2D eigenvalue weighted by atomic mass is 10.3. The number of ether oxygens (including phenoxy) is 4. The van der Waals surface area contributed by atoms with E-state index in [2.05, 4.69) is 0 Å². The minimum absolute atomic E-state index is 0.337. The average Bonchev–Trinajstić information content (AvgIpc) is 3.52. The van der Waals surface area contributed by atoms with Gasteiger partial charge in [0.15, 0.2) is 24.9 Å². The van der Waals surface area contributed by atoms with Crippen LogP contribution in [0.3, 0.4) is 0 Å². The Morgan fingerprint density at radius 1 is 0.472 bits per heavy atom. The monoisotopic (exact) mass is 554 g/mol. The molecule has 4 fully saturated rings. The third kappa shape index (κ3) is 5.10. The first-order valence-electron chi connectivity index (χ1n) is 13.4. The smallest absolute Gasteiger partial charge is 0.286 e. The van der Waals surface area contributed by atoms with Crippen LogP contribution in [-0.4, -0.2) is 97.7 Å². The Balaban J connectivity index is 1.52. The summed E-state index contributed by atoms with van der Waals surface area (Å²) in [6, 6.07) is 0. The van der Waals surface area contributed by atoms with Gasteiger partial charge in [0.2, 0.25) is 12.6 Å². The van der Waals surface area contributed by atoms with E-state index in [1.807, 2.05) is 27.7 Å². The van der Waals surface area contributed by atoms with Crippen molar-refractivity contribution in [3.05, 3.63) is 0 Å². The summed E-state index contributed by atoms with van der Waals surface area (Å²) in [4.78, 5) is 0. The fourth-order valence-electron chi connectivity index (χ4n) is 5.00. The van der Waals surface area contributed by atoms with Gasteiger partial charge in [-0.1, -0.05) is 53.4 Å². The molecule has 12 nitrogen and oxygen atoms in total. The molecule has 4 aliphatic rings. The van der Waals surface area contributed by atoms with Gasteiger partial charge in [0.05, 0.1) is 0 Å². The highest BCUT2D eigenvalue weighted by Gasteiger charge is 2.63. The summed E-state index contributed by atoms with van der Waals surface area (Å²) in [5, 5.41) is 0. The van der Waals surface area contributed by atoms with Crippen LogP contribution < -0.4 is 0 Å². The molecule has 0 amide bonds. The molecule has 6 atom stereocenters. The quantitative estimate of drug-likeness (QED) is 0.339. The van der Waals surface area contributed by atoms with Crippen molar-refractivity contribution in [2.24, 2.45) is 0 Å². The number of rotatable bonds is 13. The largest absolute Gasteiger partial charge is 0.324 e. The molecule has 14 heteroatoms. The van der Waals surface area contributed by atoms with E-state index in [4.69, 9.17) is 18.9 Å². The Kier molecular flexibility index (Phi) is 9.34. The van der Waals surface area contributed by atoms with Crippen LogP contribution in [0.4, 0.5) is 0 Å². The van der Waals surface area contributed by atoms with Gasteiger partial charge in [-0.15, -0.1) is 0 Å². The predicted molar refractivity (Wildman–Crippen MR) is 131 cm³/mol. The molecule has 0 N–H and O–H groups in total. The van der Waals surface area contributed by atoms with Crippen molar-refractivity contribution in [2.75, 3.05) is 26.2 Å². The van der Waals surface area contributed by atoms with Crippen LogP contribution in [0.25, 0.3) is 0 Å². The number of nitrogens with zero attached hydrogens (tertiary/aromatic N) is 4. The minimum atomic E-state index is -3.71. The Morgan fingerprint density at radius 3 is 0.889 bits per heavy atom. The zero-order valence-electron chi connectivity index (χ0n) is 21.8. The molecule has 36 heavy (non-hydrogen) atoms. The predicted octanol–water partition coefficient (Wildman–Crippen LogP) is 1.96. The maximum Gasteiger partial charge on any atom is 0.286 e. The minimum Gasteiger partial charge on any atom is -0.324 e. The summed E-state index contributed by atoms with van der Waals surface area (Å²) in [7, 11) is -7.42. The van der Waals surface area contributed by atoms with E-state index in [0.717, 1.165) is 25.7 Å². The molecule has 0 spiro atoms. The summed E-state index contributed by atoms with van der Waals surface area (Å²) in [5.74, 6) is 0. The first kappa shape index (κ1) is 28.6. The molecule has 0 aromatic heterocycles. The molecular weight excluding hydrogens is 512 g/mol. The standard InChI is InChI=1S/C22H42N4O8S2/c1-5-9-13-23-17-18(24(14-10-6-2)35(23,27)28)32-21(31-17)22-33-19-20(34-22)26(16-12-8-4)36(29,30)25(19)15-11-7-3/h17-22H,5-16H2,1-4H3/t17-,18+,19-,20+,21?,22?. The Bertz CT molecular complexity index is 816. The van der Waals surface area contributed by atoms with Gasteiger partial charge in [0.25, 0.3) is 20.4 Å². The summed E-state index contributed by atoms with van der Waals surface area (Å²) >= 11 is 0. The van der Waals surface area contributed by atoms with E-state index in [1.165, 1.54) is 17.2 Å². The van der Waals surface area contributed by atoms with Crippen molar-refractivity contribution >= 4 is 20.4 Å². The zero-order valence-corrected chi connectivity index (χ0v) is 23.5. The second kappa shape index (κ2) is 11.8. The van der Waals surface area contributed by atoms with Gasteiger partial charge in [-0.05, 0) is 25.7 Å². The molecule has 210 valence electrons. The summed E-state index contributed by atoms with van der Waals surface area (Å²) in [6.07, 6.45) is 1.05. The van der Waals surface area contributed by atoms with Crippen molar-refractivity contribution in [1.82, 2.24) is 17.2 Å². The van der Waals surface area contributed by atoms with Gasteiger partial charge in [0.1, 0.15) is 0 Å². The van der Waals surface area contributed by atoms with Crippen LogP contribution >= 0.6 is 0 Å². The van der Waals surface area contributed by atoms with Crippen LogP contribution in [0.2, 0.25) is 0 Å². The second-order valence-electron chi connectivity index (χ2n) is 9.72. The van der Waals surface area contributed by atoms with E-state index in [9.17, 15) is 16.8 Å². The molecule has 4 saturated heterocycles. The van der Waals surface area contributed by atoms with Crippen LogP contribution in [0, 0.1) is 0 Å². The lowest BCUT2D eigenvalue weighted by molar-refractivity contribution is -0.237. The molecule has 4 rings (SSSR count). The van der Waals surface area contributed by atoms with Crippen LogP contribution in [0.5, 0.6) is 0 Å². The Morgan fingerprint density at radius 2 is 0.694 bits per heavy atom. The van der Waals surface area contributed by atoms with Crippen molar-refractivity contribution in [3.63, 3.8) is 0 Å². The molecule has 2 unspecified atom stereocenters. The number of hydrogen-bond acceptors (Lipinski definition) is 8. The summed E-state index contributed by atoms with van der Waals surface area (Å²) < 4.78 is 82.8. The fraction of sp³-hybridized carbons (Fsp3) is 1.00. The van der Waals surface area contributed by atoms with E-state index < -0.39 is 57.9 Å². The molecule has 0 aromatic rings. The first-order chi connectivity index (χ1) is 17.2. The molecule has 0 bridgehead atoms. The van der Waals surface area contributed by atoms with Crippen LogP contribution in [0.15, 0.2) is 0 Å². The normalized spacial score (nSPS) is 36.6. The molecule has 0 saturated carbocycles. The molecule has 0 radical (unpaired) electrons. The van der Waals surface area contributed by atoms with Gasteiger partial charge < -0.3 is 18.9 Å². The van der Waals surface area contributed by atoms with E-state index in [-0.39, 0.29) is 0 Å². The Labute approximate surface area is 216 Å². The van der Waals surface area contributed by atoms with Gasteiger partial charge in [0, 0.05) is 26.2 Å². The molecule has 4 aliphatic heterocycles. The third-order valence-electron chi connectivity index (χ3n) is 7.05. The lowest BCUT2D eigenvalue weighted by Gasteiger charge is -2.27. The number of fused-ring (bicyclic) bond motifs is 2. The van der Waals surface area contributed by atoms with Gasteiger partial charge in [-0.3, -0.25) is 0 Å². The molecule has 0 aromatic carbocycles. The lowest BCUT2D eigenvalue weighted by Crippen LogP contribution is -2.44. The number of unbranched alkanes of at least 4 members (excludes halogenated alkanes) is 4. The summed E-state index contributed by atoms with van der Waals surface area (Å²) in [6.45, 7) is 9.37. The first-order valence-corrected chi connectivity index (χ1v) is 16.2. The molecule has 4 heterocycles. The fourth-order valence-corrected chi connectivity index (χ4v) is 8.64. The maximum atomic E-state index is 13.2. The highest BCUT2D eigenvalue weighted by molar-refractivity contribution is 7.87. The van der Waals surface area contributed by atoms with Gasteiger partial charge in [-0.25, -0.2) is 0 Å². The van der Waals surface area contributed by atoms with Crippen molar-refractivity contribution in [2.45, 2.75) is 117 Å². The highest BCUT2D eigenvalue weighted by Crippen LogP contribution is 2.43. The van der Waals surface area contributed by atoms with Gasteiger partial charge >= 0.3 is 0 Å².